The van der Waals surface area contributed by atoms with Crippen LogP contribution in [0.2, 0.25) is 0 Å². The van der Waals surface area contributed by atoms with Crippen molar-refractivity contribution in [2.75, 3.05) is 0 Å². The molecule has 1 aromatic rings. The molecule has 0 aromatic carbocycles. The first-order chi connectivity index (χ1) is 11.4. The maximum absolute atomic E-state index is 12.6. The number of aryl methyl sites for hydroxylation is 1. The molecule has 0 unspecified atom stereocenters. The molecule has 0 amide bonds. The summed E-state index contributed by atoms with van der Waals surface area (Å²) in [6.07, 6.45) is 3.26. The molecule has 24 heavy (non-hydrogen) atoms. The molecular weight excluding hydrogens is 328 g/mol. The van der Waals surface area contributed by atoms with Crippen molar-refractivity contribution in [1.29, 1.82) is 0 Å². The Morgan fingerprint density at radius 3 is 2.58 bits per heavy atom. The number of ether oxygens (including phenoxy) is 3. The molecule has 1 fully saturated rings. The molecule has 0 saturated heterocycles. The Labute approximate surface area is 145 Å². The smallest absolute Gasteiger partial charge is 0.447 e. The second-order valence-corrected chi connectivity index (χ2v) is 7.52. The SMILES string of the molecule is Cc1ccsc1C1=C(OC(=O)OC(C)C)C2(CCCCC2)OC1=O. The summed E-state index contributed by atoms with van der Waals surface area (Å²) in [5.41, 5.74) is 0.528. The molecule has 2 heterocycles. The van der Waals surface area contributed by atoms with Crippen molar-refractivity contribution in [1.82, 2.24) is 0 Å². The molecule has 0 atom stereocenters. The summed E-state index contributed by atoms with van der Waals surface area (Å²) in [7, 11) is 0. The van der Waals surface area contributed by atoms with Gasteiger partial charge in [0.1, 0.15) is 5.57 Å². The van der Waals surface area contributed by atoms with Crippen molar-refractivity contribution in [2.45, 2.75) is 64.6 Å². The van der Waals surface area contributed by atoms with E-state index in [1.807, 2.05) is 18.4 Å². The first-order valence-electron chi connectivity index (χ1n) is 8.34. The van der Waals surface area contributed by atoms with E-state index in [1.54, 1.807) is 13.8 Å². The van der Waals surface area contributed by atoms with Crippen LogP contribution in [0.4, 0.5) is 4.79 Å². The Bertz CT molecular complexity index is 679. The lowest BCUT2D eigenvalue weighted by atomic mass is 9.83. The van der Waals surface area contributed by atoms with Gasteiger partial charge in [-0.2, -0.15) is 0 Å². The fraction of sp³-hybridized carbons (Fsp3) is 0.556. The van der Waals surface area contributed by atoms with Gasteiger partial charge in [0.25, 0.3) is 0 Å². The normalized spacial score (nSPS) is 19.8. The average molecular weight is 350 g/mol. The van der Waals surface area contributed by atoms with Crippen LogP contribution >= 0.6 is 11.3 Å². The van der Waals surface area contributed by atoms with E-state index in [9.17, 15) is 9.59 Å². The monoisotopic (exact) mass is 350 g/mol. The van der Waals surface area contributed by atoms with Crippen LogP contribution in [0.1, 0.15) is 56.4 Å². The molecule has 5 nitrogen and oxygen atoms in total. The minimum Gasteiger partial charge on any atom is -0.447 e. The third-order valence-electron chi connectivity index (χ3n) is 4.40. The minimum absolute atomic E-state index is 0.287. The van der Waals surface area contributed by atoms with Gasteiger partial charge < -0.3 is 14.2 Å². The summed E-state index contributed by atoms with van der Waals surface area (Å²) < 4.78 is 16.4. The molecule has 2 aliphatic rings. The molecule has 3 rings (SSSR count). The first kappa shape index (κ1) is 17.0. The highest BCUT2D eigenvalue weighted by atomic mass is 32.1. The standard InChI is InChI=1S/C18H22O5S/c1-11(2)21-17(20)22-15-13(14-12(3)7-10-24-14)16(19)23-18(15)8-5-4-6-9-18/h7,10-11H,4-6,8-9H2,1-3H3. The van der Waals surface area contributed by atoms with Gasteiger partial charge in [-0.05, 0) is 63.5 Å². The van der Waals surface area contributed by atoms with Crippen molar-refractivity contribution < 1.29 is 23.8 Å². The van der Waals surface area contributed by atoms with Crippen LogP contribution in [0.15, 0.2) is 17.2 Å². The molecule has 0 radical (unpaired) electrons. The molecule has 0 N–H and O–H groups in total. The van der Waals surface area contributed by atoms with Gasteiger partial charge in [0.15, 0.2) is 11.4 Å². The van der Waals surface area contributed by atoms with Gasteiger partial charge >= 0.3 is 12.1 Å². The van der Waals surface area contributed by atoms with E-state index in [0.717, 1.165) is 29.7 Å². The minimum atomic E-state index is -0.822. The zero-order valence-electron chi connectivity index (χ0n) is 14.2. The maximum atomic E-state index is 12.6. The highest BCUT2D eigenvalue weighted by Gasteiger charge is 2.51. The van der Waals surface area contributed by atoms with Gasteiger partial charge in [-0.3, -0.25) is 0 Å². The summed E-state index contributed by atoms with van der Waals surface area (Å²) in [5.74, 6) is -0.0711. The van der Waals surface area contributed by atoms with Gasteiger partial charge in [0.05, 0.1) is 6.10 Å². The number of esters is 1. The molecule has 0 bridgehead atoms. The number of carbonyl (C=O) groups is 2. The van der Waals surface area contributed by atoms with Gasteiger partial charge in [0, 0.05) is 4.88 Å². The highest BCUT2D eigenvalue weighted by molar-refractivity contribution is 7.11. The summed E-state index contributed by atoms with van der Waals surface area (Å²) in [4.78, 5) is 25.5. The Morgan fingerprint density at radius 2 is 2.00 bits per heavy atom. The fourth-order valence-electron chi connectivity index (χ4n) is 3.32. The van der Waals surface area contributed by atoms with Crippen LogP contribution in [0.5, 0.6) is 0 Å². The van der Waals surface area contributed by atoms with Gasteiger partial charge in [0.2, 0.25) is 0 Å². The summed E-state index contributed by atoms with van der Waals surface area (Å²) in [5, 5.41) is 1.92. The third-order valence-corrected chi connectivity index (χ3v) is 5.43. The molecular formula is C18H22O5S. The van der Waals surface area contributed by atoms with Gasteiger partial charge in [-0.25, -0.2) is 9.59 Å². The number of rotatable bonds is 3. The zero-order valence-corrected chi connectivity index (χ0v) is 15.0. The number of hydrogen-bond donors (Lipinski definition) is 0. The van der Waals surface area contributed by atoms with Crippen LogP contribution in [-0.4, -0.2) is 23.8 Å². The predicted molar refractivity (Wildman–Crippen MR) is 90.6 cm³/mol. The van der Waals surface area contributed by atoms with E-state index in [1.165, 1.54) is 11.3 Å². The zero-order chi connectivity index (χ0) is 17.3. The van der Waals surface area contributed by atoms with Gasteiger partial charge in [-0.1, -0.05) is 6.42 Å². The average Bonchev–Trinajstić information content (AvgIpc) is 3.02. The molecule has 1 saturated carbocycles. The lowest BCUT2D eigenvalue weighted by molar-refractivity contribution is -0.149. The quantitative estimate of drug-likeness (QED) is 0.746. The van der Waals surface area contributed by atoms with Crippen LogP contribution in [0, 0.1) is 6.92 Å². The van der Waals surface area contributed by atoms with Crippen LogP contribution in [0.3, 0.4) is 0 Å². The third kappa shape index (κ3) is 3.07. The Morgan fingerprint density at radius 1 is 1.29 bits per heavy atom. The summed E-state index contributed by atoms with van der Waals surface area (Å²) in [6.45, 7) is 5.45. The predicted octanol–water partition coefficient (Wildman–Crippen LogP) is 4.59. The maximum Gasteiger partial charge on any atom is 0.513 e. The lowest BCUT2D eigenvalue weighted by Crippen LogP contribution is -2.36. The van der Waals surface area contributed by atoms with E-state index in [4.69, 9.17) is 14.2 Å². The van der Waals surface area contributed by atoms with E-state index in [-0.39, 0.29) is 6.10 Å². The van der Waals surface area contributed by atoms with Crippen molar-refractivity contribution in [3.63, 3.8) is 0 Å². The number of hydrogen-bond acceptors (Lipinski definition) is 6. The lowest BCUT2D eigenvalue weighted by Gasteiger charge is -2.33. The molecule has 130 valence electrons. The van der Waals surface area contributed by atoms with Crippen molar-refractivity contribution in [2.24, 2.45) is 0 Å². The molecule has 1 aliphatic carbocycles. The second kappa shape index (κ2) is 6.59. The van der Waals surface area contributed by atoms with E-state index in [0.29, 0.717) is 24.2 Å². The molecule has 1 aromatic heterocycles. The van der Waals surface area contributed by atoms with E-state index in [2.05, 4.69) is 0 Å². The summed E-state index contributed by atoms with van der Waals surface area (Å²) >= 11 is 1.45. The Balaban J connectivity index is 2.04. The molecule has 1 aliphatic heterocycles. The first-order valence-corrected chi connectivity index (χ1v) is 9.22. The number of thiophene rings is 1. The molecule has 6 heteroatoms. The Kier molecular flexibility index (Phi) is 4.67. The topological polar surface area (TPSA) is 61.8 Å². The van der Waals surface area contributed by atoms with E-state index < -0.39 is 17.7 Å². The van der Waals surface area contributed by atoms with Gasteiger partial charge in [-0.15, -0.1) is 11.3 Å². The Hall–Kier alpha value is -1.82. The van der Waals surface area contributed by atoms with Crippen molar-refractivity contribution >= 4 is 29.0 Å². The number of carbonyl (C=O) groups excluding carboxylic acids is 2. The van der Waals surface area contributed by atoms with Crippen LogP contribution < -0.4 is 0 Å². The van der Waals surface area contributed by atoms with Crippen LogP contribution in [0.25, 0.3) is 5.57 Å². The largest absolute Gasteiger partial charge is 0.513 e. The second-order valence-electron chi connectivity index (χ2n) is 6.60. The summed E-state index contributed by atoms with van der Waals surface area (Å²) in [6, 6.07) is 1.94. The van der Waals surface area contributed by atoms with E-state index >= 15 is 0 Å². The highest BCUT2D eigenvalue weighted by Crippen LogP contribution is 2.48. The van der Waals surface area contributed by atoms with Crippen molar-refractivity contribution in [3.8, 4) is 0 Å². The fourth-order valence-corrected chi connectivity index (χ4v) is 4.27. The van der Waals surface area contributed by atoms with Crippen LogP contribution in [-0.2, 0) is 19.0 Å². The van der Waals surface area contributed by atoms with Crippen molar-refractivity contribution in [3.05, 3.63) is 27.6 Å². The molecule has 1 spiro atoms.